The fraction of sp³-hybridized carbons (Fsp3) is 0.933. The summed E-state index contributed by atoms with van der Waals surface area (Å²) in [6.07, 6.45) is 18.2. The molecule has 1 heterocycles. The standard InChI is InChI=1S/C17H31N3.C13H23N3O/c1-3-20(4-2)17-12-10-16(11-13-17)19-14-18-15-8-6-5-7-9-15;1-12(16-7-9-17-10-8-16)14-11-15-13-5-3-2-4-6-13/h15-17H,3-13H2,1-2H3;12-13H,2-10H2,1H3. The smallest absolute Gasteiger partial charge is 0.110 e. The molecule has 37 heavy (non-hydrogen) atoms. The van der Waals surface area contributed by atoms with Gasteiger partial charge in [0.05, 0.1) is 43.4 Å². The van der Waals surface area contributed by atoms with Gasteiger partial charge < -0.3 is 9.64 Å². The summed E-state index contributed by atoms with van der Waals surface area (Å²) < 4.78 is 5.32. The van der Waals surface area contributed by atoms with Gasteiger partial charge in [0.25, 0.3) is 0 Å². The molecule has 3 aliphatic carbocycles. The predicted molar refractivity (Wildman–Crippen MR) is 154 cm³/mol. The third-order valence-electron chi connectivity index (χ3n) is 8.68. The van der Waals surface area contributed by atoms with E-state index in [1.165, 1.54) is 103 Å². The van der Waals surface area contributed by atoms with Crippen LogP contribution in [-0.4, -0.2) is 91.5 Å². The number of rotatable bonds is 8. The van der Waals surface area contributed by atoms with E-state index < -0.39 is 0 Å². The number of hydrogen-bond acceptors (Lipinski definition) is 7. The average molecular weight is 515 g/mol. The molecule has 4 rings (SSSR count). The van der Waals surface area contributed by atoms with Crippen LogP contribution in [0.15, 0.2) is 20.0 Å². The van der Waals surface area contributed by atoms with Gasteiger partial charge in [-0.15, -0.1) is 0 Å². The first-order chi connectivity index (χ1) is 18.2. The molecule has 0 aromatic heterocycles. The summed E-state index contributed by atoms with van der Waals surface area (Å²) in [5.41, 5.74) is 0. The van der Waals surface area contributed by atoms with E-state index in [0.29, 0.717) is 18.1 Å². The summed E-state index contributed by atoms with van der Waals surface area (Å²) in [5, 5.41) is 0. The summed E-state index contributed by atoms with van der Waals surface area (Å²) in [4.78, 5) is 22.9. The lowest BCUT2D eigenvalue weighted by Crippen LogP contribution is -2.41. The highest BCUT2D eigenvalue weighted by atomic mass is 16.5. The van der Waals surface area contributed by atoms with Crippen molar-refractivity contribution in [1.82, 2.24) is 9.80 Å². The molecule has 0 amide bonds. The van der Waals surface area contributed by atoms with Crippen LogP contribution < -0.4 is 0 Å². The summed E-state index contributed by atoms with van der Waals surface area (Å²) in [5.74, 6) is 0. The molecule has 0 spiro atoms. The SMILES string of the molecule is CC(N=C=NC1CCCCC1)N1CCOCC1.CCN(CC)C1CCC(N=C=NC2CCCCC2)CC1. The molecule has 1 saturated heterocycles. The Kier molecular flexibility index (Phi) is 14.7. The largest absolute Gasteiger partial charge is 0.379 e. The third kappa shape index (κ3) is 11.5. The molecule has 210 valence electrons. The van der Waals surface area contributed by atoms with E-state index in [1.54, 1.807) is 0 Å². The maximum absolute atomic E-state index is 5.32. The molecule has 0 aromatic rings. The monoisotopic (exact) mass is 514 g/mol. The van der Waals surface area contributed by atoms with Gasteiger partial charge in [-0.1, -0.05) is 52.4 Å². The van der Waals surface area contributed by atoms with Crippen molar-refractivity contribution in [1.29, 1.82) is 0 Å². The van der Waals surface area contributed by atoms with E-state index in [4.69, 9.17) is 4.74 Å². The Morgan fingerprint density at radius 2 is 1.19 bits per heavy atom. The lowest BCUT2D eigenvalue weighted by Gasteiger charge is -2.34. The average Bonchev–Trinajstić information content (AvgIpc) is 2.96. The molecule has 0 bridgehead atoms. The third-order valence-corrected chi connectivity index (χ3v) is 8.68. The van der Waals surface area contributed by atoms with Crippen LogP contribution in [0.3, 0.4) is 0 Å². The Hall–Kier alpha value is -1.36. The van der Waals surface area contributed by atoms with Crippen LogP contribution in [0.4, 0.5) is 0 Å². The number of nitrogens with zero attached hydrogens (tertiary/aromatic N) is 6. The molecule has 1 aliphatic heterocycles. The summed E-state index contributed by atoms with van der Waals surface area (Å²) >= 11 is 0. The number of ether oxygens (including phenoxy) is 1. The fourth-order valence-corrected chi connectivity index (χ4v) is 6.14. The van der Waals surface area contributed by atoms with Crippen molar-refractivity contribution in [2.75, 3.05) is 39.4 Å². The molecule has 1 atom stereocenters. The number of morpholine rings is 1. The molecule has 7 nitrogen and oxygen atoms in total. The molecule has 0 aromatic carbocycles. The van der Waals surface area contributed by atoms with E-state index in [2.05, 4.69) is 62.6 Å². The van der Waals surface area contributed by atoms with Gasteiger partial charge in [-0.25, -0.2) is 20.0 Å². The van der Waals surface area contributed by atoms with Crippen molar-refractivity contribution in [3.8, 4) is 0 Å². The van der Waals surface area contributed by atoms with Gasteiger partial charge in [-0.3, -0.25) is 4.90 Å². The lowest BCUT2D eigenvalue weighted by molar-refractivity contribution is 0.0221. The molecule has 3 saturated carbocycles. The lowest BCUT2D eigenvalue weighted by atomic mass is 9.90. The molecule has 7 heteroatoms. The van der Waals surface area contributed by atoms with Crippen molar-refractivity contribution in [2.45, 2.75) is 141 Å². The topological polar surface area (TPSA) is 65.2 Å². The molecule has 4 aliphatic rings. The van der Waals surface area contributed by atoms with Crippen LogP contribution in [-0.2, 0) is 4.74 Å². The van der Waals surface area contributed by atoms with Crippen LogP contribution >= 0.6 is 0 Å². The van der Waals surface area contributed by atoms with Crippen LogP contribution in [0, 0.1) is 0 Å². The maximum Gasteiger partial charge on any atom is 0.110 e. The van der Waals surface area contributed by atoms with Crippen LogP contribution in [0.25, 0.3) is 0 Å². The first-order valence-electron chi connectivity index (χ1n) is 15.5. The van der Waals surface area contributed by atoms with Crippen LogP contribution in [0.5, 0.6) is 0 Å². The molecule has 0 N–H and O–H groups in total. The van der Waals surface area contributed by atoms with E-state index in [0.717, 1.165) is 32.3 Å². The van der Waals surface area contributed by atoms with E-state index in [9.17, 15) is 0 Å². The van der Waals surface area contributed by atoms with Gasteiger partial charge in [0.2, 0.25) is 0 Å². The second kappa shape index (κ2) is 18.0. The highest BCUT2D eigenvalue weighted by Gasteiger charge is 2.24. The van der Waals surface area contributed by atoms with Gasteiger partial charge in [0, 0.05) is 19.1 Å². The van der Waals surface area contributed by atoms with Crippen molar-refractivity contribution in [2.24, 2.45) is 20.0 Å². The molecular formula is C30H54N6O. The first-order valence-corrected chi connectivity index (χ1v) is 15.5. The van der Waals surface area contributed by atoms with E-state index in [-0.39, 0.29) is 6.17 Å². The van der Waals surface area contributed by atoms with Crippen LogP contribution in [0.1, 0.15) is 111 Å². The second-order valence-corrected chi connectivity index (χ2v) is 11.3. The van der Waals surface area contributed by atoms with Crippen LogP contribution in [0.2, 0.25) is 0 Å². The van der Waals surface area contributed by atoms with Crippen molar-refractivity contribution in [3.63, 3.8) is 0 Å². The van der Waals surface area contributed by atoms with E-state index >= 15 is 0 Å². The Balaban J connectivity index is 0.000000208. The van der Waals surface area contributed by atoms with Gasteiger partial charge in [-0.05, 0) is 71.4 Å². The fourth-order valence-electron chi connectivity index (χ4n) is 6.14. The highest BCUT2D eigenvalue weighted by Crippen LogP contribution is 2.25. The van der Waals surface area contributed by atoms with Gasteiger partial charge in [0.1, 0.15) is 6.17 Å². The van der Waals surface area contributed by atoms with Gasteiger partial charge in [0.15, 0.2) is 0 Å². The quantitative estimate of drug-likeness (QED) is 0.356. The normalized spacial score (nSPS) is 26.7. The highest BCUT2D eigenvalue weighted by molar-refractivity contribution is 5.42. The minimum absolute atomic E-state index is 0.186. The number of hydrogen-bond donors (Lipinski definition) is 0. The van der Waals surface area contributed by atoms with Crippen molar-refractivity contribution >= 4 is 12.0 Å². The Morgan fingerprint density at radius 1 is 0.703 bits per heavy atom. The predicted octanol–water partition coefficient (Wildman–Crippen LogP) is 6.32. The van der Waals surface area contributed by atoms with Gasteiger partial charge in [-0.2, -0.15) is 0 Å². The zero-order valence-electron chi connectivity index (χ0n) is 24.1. The summed E-state index contributed by atoms with van der Waals surface area (Å²) in [6.45, 7) is 12.6. The number of aliphatic imine (C=N–C) groups is 4. The van der Waals surface area contributed by atoms with Crippen molar-refractivity contribution < 1.29 is 4.74 Å². The minimum atomic E-state index is 0.186. The van der Waals surface area contributed by atoms with E-state index in [1.807, 2.05) is 0 Å². The molecule has 1 unspecified atom stereocenters. The zero-order chi connectivity index (χ0) is 26.1. The molecule has 0 radical (unpaired) electrons. The minimum Gasteiger partial charge on any atom is -0.379 e. The zero-order valence-corrected chi connectivity index (χ0v) is 24.1. The molecular weight excluding hydrogens is 460 g/mol. The summed E-state index contributed by atoms with van der Waals surface area (Å²) in [6, 6.07) is 8.21. The molecule has 4 fully saturated rings. The van der Waals surface area contributed by atoms with Gasteiger partial charge >= 0.3 is 0 Å². The summed E-state index contributed by atoms with van der Waals surface area (Å²) in [7, 11) is 0. The second-order valence-electron chi connectivity index (χ2n) is 11.3. The Morgan fingerprint density at radius 3 is 1.70 bits per heavy atom. The Bertz CT molecular complexity index is 714. The maximum atomic E-state index is 5.32. The van der Waals surface area contributed by atoms with Crippen molar-refractivity contribution in [3.05, 3.63) is 0 Å². The Labute approximate surface area is 227 Å². The first kappa shape index (κ1) is 30.2.